The molecule has 114 valence electrons. The molecular weight excluding hydrogens is 300 g/mol. The summed E-state index contributed by atoms with van der Waals surface area (Å²) in [6.07, 6.45) is -0.206. The summed E-state index contributed by atoms with van der Waals surface area (Å²) < 4.78 is 0. The number of hydrogen-bond acceptors (Lipinski definition) is 4. The lowest BCUT2D eigenvalue weighted by molar-refractivity contribution is -0.384. The Labute approximate surface area is 126 Å². The van der Waals surface area contributed by atoms with Gasteiger partial charge in [0.25, 0.3) is 11.6 Å². The maximum Gasteiger partial charge on any atom is 0.305 e. The molecule has 0 spiro atoms. The lowest BCUT2D eigenvalue weighted by atomic mass is 10.1. The molecule has 21 heavy (non-hydrogen) atoms. The van der Waals surface area contributed by atoms with E-state index in [2.05, 4.69) is 0 Å². The maximum absolute atomic E-state index is 12.4. The van der Waals surface area contributed by atoms with Gasteiger partial charge in [0.05, 0.1) is 11.3 Å². The maximum atomic E-state index is 12.4. The van der Waals surface area contributed by atoms with E-state index in [1.807, 2.05) is 0 Å². The molecule has 1 N–H and O–H groups in total. The van der Waals surface area contributed by atoms with Gasteiger partial charge in [0.15, 0.2) is 0 Å². The van der Waals surface area contributed by atoms with Gasteiger partial charge in [-0.25, -0.2) is 0 Å². The van der Waals surface area contributed by atoms with Gasteiger partial charge in [0, 0.05) is 35.3 Å². The first-order valence-electron chi connectivity index (χ1n) is 6.24. The fourth-order valence-corrected chi connectivity index (χ4v) is 2.22. The van der Waals surface area contributed by atoms with Gasteiger partial charge >= 0.3 is 5.97 Å². The third-order valence-corrected chi connectivity index (χ3v) is 3.16. The van der Waals surface area contributed by atoms with Crippen molar-refractivity contribution in [1.29, 1.82) is 0 Å². The molecule has 0 saturated heterocycles. The zero-order valence-corrected chi connectivity index (χ0v) is 12.3. The summed E-state index contributed by atoms with van der Waals surface area (Å²) in [7, 11) is 0. The number of carboxylic acids is 1. The first kappa shape index (κ1) is 16.9. The molecule has 0 radical (unpaired) electrons. The Balaban J connectivity index is 3.10. The van der Waals surface area contributed by atoms with Crippen molar-refractivity contribution in [1.82, 2.24) is 4.90 Å². The monoisotopic (exact) mass is 314 g/mol. The summed E-state index contributed by atoms with van der Waals surface area (Å²) in [5, 5.41) is 19.7. The smallest absolute Gasteiger partial charge is 0.305 e. The Hall–Kier alpha value is -2.15. The van der Waals surface area contributed by atoms with E-state index >= 15 is 0 Å². The third-order valence-electron chi connectivity index (χ3n) is 2.94. The van der Waals surface area contributed by atoms with E-state index in [9.17, 15) is 19.7 Å². The highest BCUT2D eigenvalue weighted by molar-refractivity contribution is 6.31. The predicted molar refractivity (Wildman–Crippen MR) is 76.5 cm³/mol. The number of amides is 1. The normalized spacial score (nSPS) is 11.8. The number of non-ortho nitro benzene ring substituents is 1. The van der Waals surface area contributed by atoms with Crippen LogP contribution in [0.15, 0.2) is 18.2 Å². The number of hydrogen-bond donors (Lipinski definition) is 1. The number of carbonyl (C=O) groups is 2. The summed E-state index contributed by atoms with van der Waals surface area (Å²) in [4.78, 5) is 34.6. The van der Waals surface area contributed by atoms with Crippen molar-refractivity contribution in [2.75, 3.05) is 6.54 Å². The number of carbonyl (C=O) groups excluding carboxylic acids is 1. The van der Waals surface area contributed by atoms with Crippen molar-refractivity contribution in [3.63, 3.8) is 0 Å². The van der Waals surface area contributed by atoms with Crippen LogP contribution in [-0.4, -0.2) is 39.4 Å². The van der Waals surface area contributed by atoms with Crippen LogP contribution in [0.1, 0.15) is 30.6 Å². The molecule has 0 fully saturated rings. The van der Waals surface area contributed by atoms with Crippen LogP contribution in [0.3, 0.4) is 0 Å². The molecule has 1 aromatic rings. The minimum atomic E-state index is -1.02. The van der Waals surface area contributed by atoms with Crippen LogP contribution in [0.5, 0.6) is 0 Å². The highest BCUT2D eigenvalue weighted by Gasteiger charge is 2.23. The van der Waals surface area contributed by atoms with Crippen molar-refractivity contribution in [3.05, 3.63) is 38.9 Å². The molecule has 1 atom stereocenters. The van der Waals surface area contributed by atoms with Crippen molar-refractivity contribution < 1.29 is 19.6 Å². The molecule has 7 nitrogen and oxygen atoms in total. The lowest BCUT2D eigenvalue weighted by Crippen LogP contribution is -2.39. The number of nitro benzene ring substituents is 1. The number of carboxylic acid groups (broad SMARTS) is 1. The number of nitrogens with zero attached hydrogens (tertiary/aromatic N) is 2. The van der Waals surface area contributed by atoms with Gasteiger partial charge in [-0.05, 0) is 19.9 Å². The second-order valence-corrected chi connectivity index (χ2v) is 4.93. The molecule has 0 aliphatic heterocycles. The molecule has 0 aromatic heterocycles. The van der Waals surface area contributed by atoms with Gasteiger partial charge in [0.1, 0.15) is 0 Å². The molecule has 1 rings (SSSR count). The summed E-state index contributed by atoms with van der Waals surface area (Å²) in [5.41, 5.74) is -0.221. The van der Waals surface area contributed by atoms with Gasteiger partial charge in [-0.2, -0.15) is 0 Å². The summed E-state index contributed by atoms with van der Waals surface area (Å²) in [6, 6.07) is 3.07. The molecule has 0 saturated carbocycles. The average molecular weight is 315 g/mol. The van der Waals surface area contributed by atoms with Crippen LogP contribution in [-0.2, 0) is 4.79 Å². The minimum absolute atomic E-state index is 0.0632. The van der Waals surface area contributed by atoms with Crippen molar-refractivity contribution in [3.8, 4) is 0 Å². The first-order chi connectivity index (χ1) is 9.76. The van der Waals surface area contributed by atoms with Gasteiger partial charge in [-0.3, -0.25) is 19.7 Å². The second-order valence-electron chi connectivity index (χ2n) is 4.49. The Bertz CT molecular complexity index is 576. The zero-order chi connectivity index (χ0) is 16.2. The van der Waals surface area contributed by atoms with Crippen LogP contribution >= 0.6 is 11.6 Å². The van der Waals surface area contributed by atoms with Crippen LogP contribution in [0.25, 0.3) is 0 Å². The van der Waals surface area contributed by atoms with E-state index in [1.165, 1.54) is 11.0 Å². The van der Waals surface area contributed by atoms with Gasteiger partial charge in [-0.15, -0.1) is 0 Å². The number of benzene rings is 1. The number of rotatable bonds is 6. The number of halogens is 1. The zero-order valence-electron chi connectivity index (χ0n) is 11.6. The van der Waals surface area contributed by atoms with Gasteiger partial charge < -0.3 is 10.0 Å². The first-order valence-corrected chi connectivity index (χ1v) is 6.61. The van der Waals surface area contributed by atoms with Crippen molar-refractivity contribution >= 4 is 29.2 Å². The summed E-state index contributed by atoms with van der Waals surface area (Å²) >= 11 is 5.78. The highest BCUT2D eigenvalue weighted by Crippen LogP contribution is 2.22. The van der Waals surface area contributed by atoms with Crippen molar-refractivity contribution in [2.45, 2.75) is 26.3 Å². The van der Waals surface area contributed by atoms with E-state index in [-0.39, 0.29) is 29.2 Å². The van der Waals surface area contributed by atoms with E-state index in [1.54, 1.807) is 13.8 Å². The molecule has 0 aliphatic rings. The second kappa shape index (κ2) is 7.03. The number of aliphatic carboxylic acids is 1. The standard InChI is InChI=1S/C13H15ClN2O5/c1-3-15(8(2)4-12(17)18)13(19)9-5-10(14)7-11(6-9)16(20)21/h5-8H,3-4H2,1-2H3,(H,17,18). The van der Waals surface area contributed by atoms with E-state index < -0.39 is 22.8 Å². The Kier molecular flexibility index (Phi) is 5.66. The quantitative estimate of drug-likeness (QED) is 0.642. The molecule has 0 heterocycles. The SMILES string of the molecule is CCN(C(=O)c1cc(Cl)cc([N+](=O)[O-])c1)C(C)CC(=O)O. The molecule has 0 aliphatic carbocycles. The highest BCUT2D eigenvalue weighted by atomic mass is 35.5. The fraction of sp³-hybridized carbons (Fsp3) is 0.385. The van der Waals surface area contributed by atoms with Crippen LogP contribution in [0, 0.1) is 10.1 Å². The largest absolute Gasteiger partial charge is 0.481 e. The topological polar surface area (TPSA) is 101 Å². The number of nitro groups is 1. The van der Waals surface area contributed by atoms with Crippen LogP contribution in [0.2, 0.25) is 5.02 Å². The van der Waals surface area contributed by atoms with Crippen LogP contribution < -0.4 is 0 Å². The molecule has 8 heteroatoms. The molecule has 1 unspecified atom stereocenters. The summed E-state index contributed by atoms with van der Waals surface area (Å²) in [6.45, 7) is 3.59. The Morgan fingerprint density at radius 3 is 2.52 bits per heavy atom. The lowest BCUT2D eigenvalue weighted by Gasteiger charge is -2.27. The van der Waals surface area contributed by atoms with Gasteiger partial charge in [-0.1, -0.05) is 11.6 Å². The molecule has 1 aromatic carbocycles. The predicted octanol–water partition coefficient (Wildman–Crippen LogP) is 2.57. The van der Waals surface area contributed by atoms with E-state index in [0.29, 0.717) is 0 Å². The van der Waals surface area contributed by atoms with Crippen molar-refractivity contribution in [2.24, 2.45) is 0 Å². The summed E-state index contributed by atoms with van der Waals surface area (Å²) in [5.74, 6) is -1.51. The molecule has 0 bridgehead atoms. The minimum Gasteiger partial charge on any atom is -0.481 e. The van der Waals surface area contributed by atoms with Gasteiger partial charge in [0.2, 0.25) is 0 Å². The average Bonchev–Trinajstić information content (AvgIpc) is 2.37. The Morgan fingerprint density at radius 2 is 2.05 bits per heavy atom. The molecular formula is C13H15ClN2O5. The Morgan fingerprint density at radius 1 is 1.43 bits per heavy atom. The molecule has 1 amide bonds. The fourth-order valence-electron chi connectivity index (χ4n) is 1.99. The van der Waals surface area contributed by atoms with Crippen LogP contribution in [0.4, 0.5) is 5.69 Å². The van der Waals surface area contributed by atoms with E-state index in [0.717, 1.165) is 12.1 Å². The van der Waals surface area contributed by atoms with E-state index in [4.69, 9.17) is 16.7 Å². The third kappa shape index (κ3) is 4.42.